The second-order valence-corrected chi connectivity index (χ2v) is 2.60. The monoisotopic (exact) mass is 200 g/mol. The highest BCUT2D eigenvalue weighted by molar-refractivity contribution is 5.85. The van der Waals surface area contributed by atoms with Gasteiger partial charge >= 0.3 is 0 Å². The van der Waals surface area contributed by atoms with Gasteiger partial charge < -0.3 is 10.1 Å². The first kappa shape index (κ1) is 11.5. The molecule has 2 rings (SSSR count). The van der Waals surface area contributed by atoms with Gasteiger partial charge in [0.25, 0.3) is 0 Å². The zero-order valence-electron chi connectivity index (χ0n) is 6.28. The lowest BCUT2D eigenvalue weighted by Crippen LogP contribution is -2.38. The number of hydrogen-bond donors (Lipinski definition) is 1. The van der Waals surface area contributed by atoms with Crippen LogP contribution in [-0.2, 0) is 4.74 Å². The Morgan fingerprint density at radius 3 is 2.91 bits per heavy atom. The molecule has 68 valence electrons. The molecule has 0 aliphatic carbocycles. The highest BCUT2D eigenvalue weighted by Crippen LogP contribution is 2.11. The fraction of sp³-hybridized carbons (Fsp3) is 1.00. The normalized spacial score (nSPS) is 30.0. The molecule has 0 radical (unpaired) electrons. The minimum absolute atomic E-state index is 0. The number of rotatable bonds is 0. The van der Waals surface area contributed by atoms with Crippen molar-refractivity contribution in [2.75, 3.05) is 26.4 Å². The van der Waals surface area contributed by atoms with Gasteiger partial charge in [-0.05, 0) is 6.42 Å². The summed E-state index contributed by atoms with van der Waals surface area (Å²) in [6.45, 7) is 4.19. The molecule has 2 heterocycles. The molecule has 2 fully saturated rings. The van der Waals surface area contributed by atoms with Gasteiger partial charge in [-0.3, -0.25) is 4.90 Å². The average molecular weight is 201 g/mol. The third-order valence-electron chi connectivity index (χ3n) is 1.94. The van der Waals surface area contributed by atoms with Crippen LogP contribution in [0.15, 0.2) is 0 Å². The molecule has 0 aromatic rings. The van der Waals surface area contributed by atoms with Crippen LogP contribution in [0, 0.1) is 0 Å². The highest BCUT2D eigenvalue weighted by Gasteiger charge is 2.26. The smallest absolute Gasteiger partial charge is 0.124 e. The Hall–Kier alpha value is 0.460. The Labute approximate surface area is 79.3 Å². The van der Waals surface area contributed by atoms with Gasteiger partial charge in [0.05, 0.1) is 6.67 Å². The molecular formula is C6H14Cl2N2O. The van der Waals surface area contributed by atoms with Gasteiger partial charge in [-0.15, -0.1) is 24.8 Å². The summed E-state index contributed by atoms with van der Waals surface area (Å²) in [4.78, 5) is 2.34. The van der Waals surface area contributed by atoms with Crippen LogP contribution in [0.2, 0.25) is 0 Å². The summed E-state index contributed by atoms with van der Waals surface area (Å²) < 4.78 is 5.47. The number of fused-ring (bicyclic) bond motifs is 1. The molecule has 2 aliphatic rings. The van der Waals surface area contributed by atoms with E-state index in [1.54, 1.807) is 0 Å². The molecular weight excluding hydrogens is 187 g/mol. The minimum atomic E-state index is 0. The SMILES string of the molecule is C1COC2CNCN2C1.Cl.Cl. The molecule has 0 amide bonds. The van der Waals surface area contributed by atoms with E-state index in [1.807, 2.05) is 0 Å². The second-order valence-electron chi connectivity index (χ2n) is 2.60. The van der Waals surface area contributed by atoms with Crippen LogP contribution >= 0.6 is 24.8 Å². The summed E-state index contributed by atoms with van der Waals surface area (Å²) >= 11 is 0. The van der Waals surface area contributed by atoms with Crippen LogP contribution in [-0.4, -0.2) is 37.5 Å². The Bertz CT molecular complexity index is 103. The molecule has 1 N–H and O–H groups in total. The van der Waals surface area contributed by atoms with Gasteiger partial charge in [0.15, 0.2) is 0 Å². The van der Waals surface area contributed by atoms with Crippen molar-refractivity contribution in [2.45, 2.75) is 12.6 Å². The van der Waals surface area contributed by atoms with Crippen molar-refractivity contribution in [3.63, 3.8) is 0 Å². The number of ether oxygens (including phenoxy) is 1. The Morgan fingerprint density at radius 1 is 1.36 bits per heavy atom. The van der Waals surface area contributed by atoms with Gasteiger partial charge in [-0.2, -0.15) is 0 Å². The zero-order chi connectivity index (χ0) is 6.10. The first-order valence-electron chi connectivity index (χ1n) is 3.53. The van der Waals surface area contributed by atoms with Crippen LogP contribution in [0.1, 0.15) is 6.42 Å². The van der Waals surface area contributed by atoms with Crippen molar-refractivity contribution in [2.24, 2.45) is 0 Å². The molecule has 0 aromatic heterocycles. The first-order chi connectivity index (χ1) is 4.47. The van der Waals surface area contributed by atoms with Gasteiger partial charge in [0, 0.05) is 19.7 Å². The fourth-order valence-corrected chi connectivity index (χ4v) is 1.44. The summed E-state index contributed by atoms with van der Waals surface area (Å²) in [7, 11) is 0. The summed E-state index contributed by atoms with van der Waals surface area (Å²) in [5.41, 5.74) is 0. The van der Waals surface area contributed by atoms with Crippen molar-refractivity contribution < 1.29 is 4.74 Å². The highest BCUT2D eigenvalue weighted by atomic mass is 35.5. The molecule has 2 aliphatic heterocycles. The maximum atomic E-state index is 5.47. The van der Waals surface area contributed by atoms with Crippen LogP contribution in [0.5, 0.6) is 0 Å². The molecule has 11 heavy (non-hydrogen) atoms. The van der Waals surface area contributed by atoms with Gasteiger partial charge in [-0.1, -0.05) is 0 Å². The van der Waals surface area contributed by atoms with Crippen molar-refractivity contribution in [3.05, 3.63) is 0 Å². The van der Waals surface area contributed by atoms with E-state index in [0.29, 0.717) is 6.23 Å². The van der Waals surface area contributed by atoms with Crippen molar-refractivity contribution in [1.82, 2.24) is 10.2 Å². The van der Waals surface area contributed by atoms with E-state index in [-0.39, 0.29) is 24.8 Å². The molecule has 2 saturated heterocycles. The maximum Gasteiger partial charge on any atom is 0.124 e. The third-order valence-corrected chi connectivity index (χ3v) is 1.94. The predicted molar refractivity (Wildman–Crippen MR) is 48.4 cm³/mol. The molecule has 3 nitrogen and oxygen atoms in total. The largest absolute Gasteiger partial charge is 0.362 e. The van der Waals surface area contributed by atoms with Crippen molar-refractivity contribution in [3.8, 4) is 0 Å². The van der Waals surface area contributed by atoms with Crippen molar-refractivity contribution in [1.29, 1.82) is 0 Å². The lowest BCUT2D eigenvalue weighted by molar-refractivity contribution is -0.0640. The molecule has 1 unspecified atom stereocenters. The molecule has 5 heteroatoms. The van der Waals surface area contributed by atoms with E-state index < -0.39 is 0 Å². The second kappa shape index (κ2) is 5.17. The first-order valence-corrected chi connectivity index (χ1v) is 3.53. The fourth-order valence-electron chi connectivity index (χ4n) is 1.44. The van der Waals surface area contributed by atoms with E-state index in [4.69, 9.17) is 4.74 Å². The number of hydrogen-bond acceptors (Lipinski definition) is 3. The van der Waals surface area contributed by atoms with Crippen molar-refractivity contribution >= 4 is 24.8 Å². The standard InChI is InChI=1S/C6H12N2O.2ClH/c1-2-8-5-7-4-6(8)9-3-1;;/h6-7H,1-5H2;2*1H. The molecule has 0 bridgehead atoms. The minimum Gasteiger partial charge on any atom is -0.362 e. The summed E-state index contributed by atoms with van der Waals surface area (Å²) in [6, 6.07) is 0. The summed E-state index contributed by atoms with van der Waals surface area (Å²) in [6.07, 6.45) is 1.58. The molecule has 0 aromatic carbocycles. The lowest BCUT2D eigenvalue weighted by Gasteiger charge is -2.27. The quantitative estimate of drug-likeness (QED) is 0.615. The summed E-state index contributed by atoms with van der Waals surface area (Å²) in [5, 5.41) is 3.27. The van der Waals surface area contributed by atoms with E-state index >= 15 is 0 Å². The van der Waals surface area contributed by atoms with Gasteiger partial charge in [0.1, 0.15) is 6.23 Å². The van der Waals surface area contributed by atoms with E-state index in [1.165, 1.54) is 13.0 Å². The van der Waals surface area contributed by atoms with E-state index in [0.717, 1.165) is 19.8 Å². The molecule has 0 spiro atoms. The summed E-state index contributed by atoms with van der Waals surface area (Å²) in [5.74, 6) is 0. The van der Waals surface area contributed by atoms with Crippen LogP contribution in [0.3, 0.4) is 0 Å². The topological polar surface area (TPSA) is 24.5 Å². The van der Waals surface area contributed by atoms with E-state index in [9.17, 15) is 0 Å². The third kappa shape index (κ3) is 2.46. The Morgan fingerprint density at radius 2 is 2.18 bits per heavy atom. The number of nitrogens with one attached hydrogen (secondary N) is 1. The number of nitrogens with zero attached hydrogens (tertiary/aromatic N) is 1. The molecule has 0 saturated carbocycles. The van der Waals surface area contributed by atoms with E-state index in [2.05, 4.69) is 10.2 Å². The van der Waals surface area contributed by atoms with Gasteiger partial charge in [0.2, 0.25) is 0 Å². The van der Waals surface area contributed by atoms with Crippen LogP contribution < -0.4 is 5.32 Å². The van der Waals surface area contributed by atoms with Crippen LogP contribution in [0.4, 0.5) is 0 Å². The predicted octanol–water partition coefficient (Wildman–Crippen LogP) is 0.439. The Balaban J connectivity index is 0.000000500. The average Bonchev–Trinajstić information content (AvgIpc) is 2.33. The zero-order valence-corrected chi connectivity index (χ0v) is 7.92. The van der Waals surface area contributed by atoms with Crippen LogP contribution in [0.25, 0.3) is 0 Å². The van der Waals surface area contributed by atoms with Gasteiger partial charge in [-0.25, -0.2) is 0 Å². The molecule has 1 atom stereocenters. The Kier molecular flexibility index (Phi) is 5.38. The lowest BCUT2D eigenvalue weighted by atomic mass is 10.3. The maximum absolute atomic E-state index is 5.47. The number of halogens is 2.